The van der Waals surface area contributed by atoms with Crippen LogP contribution in [0.15, 0.2) is 30.3 Å². The van der Waals surface area contributed by atoms with Gasteiger partial charge in [-0.2, -0.15) is 0 Å². The number of carboxylic acid groups (broad SMARTS) is 1. The van der Waals surface area contributed by atoms with Gasteiger partial charge in [-0.25, -0.2) is 0 Å². The monoisotopic (exact) mass is 350 g/mol. The van der Waals surface area contributed by atoms with E-state index in [0.717, 1.165) is 12.8 Å². The lowest BCUT2D eigenvalue weighted by molar-refractivity contribution is -0.137. The zero-order valence-electron chi connectivity index (χ0n) is 13.4. The van der Waals surface area contributed by atoms with Crippen molar-refractivity contribution in [3.63, 3.8) is 0 Å². The smallest absolute Gasteiger partial charge is 0.303 e. The Balaban J connectivity index is 1.78. The van der Waals surface area contributed by atoms with Gasteiger partial charge < -0.3 is 15.3 Å². The molecule has 1 unspecified atom stereocenters. The molecular weight excluding hydrogens is 328 g/mol. The van der Waals surface area contributed by atoms with Gasteiger partial charge in [-0.3, -0.25) is 14.4 Å². The molecule has 1 fully saturated rings. The van der Waals surface area contributed by atoms with Crippen LogP contribution in [-0.2, 0) is 9.59 Å². The number of amides is 2. The van der Waals surface area contributed by atoms with Crippen molar-refractivity contribution in [2.75, 3.05) is 18.2 Å². The van der Waals surface area contributed by atoms with Gasteiger partial charge in [0, 0.05) is 24.3 Å². The van der Waals surface area contributed by atoms with Crippen molar-refractivity contribution in [1.82, 2.24) is 10.2 Å². The van der Waals surface area contributed by atoms with Crippen molar-refractivity contribution in [3.05, 3.63) is 35.9 Å². The van der Waals surface area contributed by atoms with Crippen LogP contribution in [-0.4, -0.2) is 52.0 Å². The summed E-state index contributed by atoms with van der Waals surface area (Å²) in [5.74, 6) is 0.0650. The van der Waals surface area contributed by atoms with Crippen LogP contribution in [0.2, 0.25) is 0 Å². The molecule has 6 nitrogen and oxygen atoms in total. The van der Waals surface area contributed by atoms with E-state index in [1.165, 1.54) is 0 Å². The molecule has 0 spiro atoms. The molecule has 1 aliphatic heterocycles. The van der Waals surface area contributed by atoms with Crippen LogP contribution in [0.25, 0.3) is 0 Å². The Bertz CT molecular complexity index is 579. The Kier molecular flexibility index (Phi) is 7.11. The molecule has 24 heavy (non-hydrogen) atoms. The number of carbonyl (C=O) groups excluding carboxylic acids is 2. The van der Waals surface area contributed by atoms with E-state index in [4.69, 9.17) is 5.11 Å². The molecule has 0 saturated carbocycles. The lowest BCUT2D eigenvalue weighted by Gasteiger charge is -2.23. The number of benzene rings is 1. The Hall–Kier alpha value is -2.02. The number of rotatable bonds is 8. The summed E-state index contributed by atoms with van der Waals surface area (Å²) in [6, 6.07) is 8.53. The first-order valence-corrected chi connectivity index (χ1v) is 9.18. The lowest BCUT2D eigenvalue weighted by Crippen LogP contribution is -2.47. The summed E-state index contributed by atoms with van der Waals surface area (Å²) in [6.45, 7) is 0.507. The molecule has 2 N–H and O–H groups in total. The van der Waals surface area contributed by atoms with Crippen LogP contribution < -0.4 is 5.32 Å². The van der Waals surface area contributed by atoms with E-state index in [0.29, 0.717) is 30.2 Å². The van der Waals surface area contributed by atoms with E-state index in [-0.39, 0.29) is 18.2 Å². The number of nitrogens with one attached hydrogen (secondary N) is 1. The van der Waals surface area contributed by atoms with Gasteiger partial charge in [0.15, 0.2) is 0 Å². The van der Waals surface area contributed by atoms with Crippen molar-refractivity contribution >= 4 is 29.5 Å². The second-order valence-corrected chi connectivity index (χ2v) is 6.65. The predicted octanol–water partition coefficient (Wildman–Crippen LogP) is 1.96. The Morgan fingerprint density at radius 3 is 2.62 bits per heavy atom. The van der Waals surface area contributed by atoms with Crippen molar-refractivity contribution in [3.8, 4) is 0 Å². The van der Waals surface area contributed by atoms with Crippen LogP contribution >= 0.6 is 11.8 Å². The standard InChI is InChI=1S/C17H22N2O4S/c20-15(21)9-5-2-6-10-18-16(22)14-11-24-12-19(14)17(23)13-7-3-1-4-8-13/h1,3-4,7-8,14H,2,5-6,9-12H2,(H,18,22)(H,20,21). The van der Waals surface area contributed by atoms with E-state index in [1.54, 1.807) is 28.8 Å². The van der Waals surface area contributed by atoms with Gasteiger partial charge in [-0.15, -0.1) is 11.8 Å². The van der Waals surface area contributed by atoms with E-state index in [2.05, 4.69) is 5.32 Å². The Labute approximate surface area is 145 Å². The van der Waals surface area contributed by atoms with Crippen molar-refractivity contribution in [1.29, 1.82) is 0 Å². The first kappa shape index (κ1) is 18.3. The number of hydrogen-bond acceptors (Lipinski definition) is 4. The average molecular weight is 350 g/mol. The summed E-state index contributed by atoms with van der Waals surface area (Å²) in [5, 5.41) is 11.4. The fourth-order valence-electron chi connectivity index (χ4n) is 2.51. The normalized spacial score (nSPS) is 16.8. The van der Waals surface area contributed by atoms with Gasteiger partial charge in [-0.1, -0.05) is 24.6 Å². The maximum Gasteiger partial charge on any atom is 0.303 e. The first-order valence-electron chi connectivity index (χ1n) is 8.03. The second kappa shape index (κ2) is 9.32. The highest BCUT2D eigenvalue weighted by Crippen LogP contribution is 2.23. The highest BCUT2D eigenvalue weighted by atomic mass is 32.2. The largest absolute Gasteiger partial charge is 0.481 e. The van der Waals surface area contributed by atoms with Gasteiger partial charge in [0.1, 0.15) is 6.04 Å². The van der Waals surface area contributed by atoms with Crippen molar-refractivity contribution in [2.45, 2.75) is 31.7 Å². The number of carboxylic acids is 1. The third kappa shape index (κ3) is 5.26. The molecule has 0 aromatic heterocycles. The van der Waals surface area contributed by atoms with Gasteiger partial charge >= 0.3 is 5.97 Å². The van der Waals surface area contributed by atoms with Gasteiger partial charge in [0.2, 0.25) is 5.91 Å². The van der Waals surface area contributed by atoms with E-state index in [1.807, 2.05) is 18.2 Å². The van der Waals surface area contributed by atoms with E-state index >= 15 is 0 Å². The van der Waals surface area contributed by atoms with Crippen LogP contribution in [0.3, 0.4) is 0 Å². The zero-order chi connectivity index (χ0) is 17.4. The molecule has 1 atom stereocenters. The molecule has 1 aromatic rings. The summed E-state index contributed by atoms with van der Waals surface area (Å²) in [5.41, 5.74) is 0.589. The molecule has 2 rings (SSSR count). The van der Waals surface area contributed by atoms with Gasteiger partial charge in [-0.05, 0) is 25.0 Å². The molecule has 0 aliphatic carbocycles. The highest BCUT2D eigenvalue weighted by molar-refractivity contribution is 7.99. The maximum atomic E-state index is 12.5. The summed E-state index contributed by atoms with van der Waals surface area (Å²) in [4.78, 5) is 36.9. The van der Waals surface area contributed by atoms with E-state index < -0.39 is 12.0 Å². The first-order chi connectivity index (χ1) is 11.6. The fraction of sp³-hybridized carbons (Fsp3) is 0.471. The Morgan fingerprint density at radius 2 is 1.92 bits per heavy atom. The number of nitrogens with zero attached hydrogens (tertiary/aromatic N) is 1. The van der Waals surface area contributed by atoms with Crippen LogP contribution in [0.4, 0.5) is 0 Å². The summed E-state index contributed by atoms with van der Waals surface area (Å²) in [6.07, 6.45) is 2.28. The minimum atomic E-state index is -0.794. The molecule has 1 heterocycles. The number of thioether (sulfide) groups is 1. The molecule has 130 valence electrons. The fourth-order valence-corrected chi connectivity index (χ4v) is 3.67. The quantitative estimate of drug-likeness (QED) is 0.700. The zero-order valence-corrected chi connectivity index (χ0v) is 14.3. The number of hydrogen-bond donors (Lipinski definition) is 2. The summed E-state index contributed by atoms with van der Waals surface area (Å²) >= 11 is 1.57. The van der Waals surface area contributed by atoms with Gasteiger partial charge in [0.25, 0.3) is 5.91 Å². The third-order valence-corrected chi connectivity index (χ3v) is 4.85. The predicted molar refractivity (Wildman–Crippen MR) is 92.8 cm³/mol. The minimum absolute atomic E-state index is 0.123. The molecule has 7 heteroatoms. The molecule has 0 bridgehead atoms. The van der Waals surface area contributed by atoms with Crippen LogP contribution in [0.1, 0.15) is 36.0 Å². The van der Waals surface area contributed by atoms with E-state index in [9.17, 15) is 14.4 Å². The van der Waals surface area contributed by atoms with Gasteiger partial charge in [0.05, 0.1) is 5.88 Å². The molecule has 1 aromatic carbocycles. The maximum absolute atomic E-state index is 12.5. The highest BCUT2D eigenvalue weighted by Gasteiger charge is 2.34. The summed E-state index contributed by atoms with van der Waals surface area (Å²) < 4.78 is 0. The average Bonchev–Trinajstić information content (AvgIpc) is 3.07. The third-order valence-electron chi connectivity index (χ3n) is 3.83. The molecule has 2 amide bonds. The molecule has 1 saturated heterocycles. The topological polar surface area (TPSA) is 86.7 Å². The molecular formula is C17H22N2O4S. The molecule has 1 aliphatic rings. The second-order valence-electron chi connectivity index (χ2n) is 5.65. The lowest BCUT2D eigenvalue weighted by atomic mass is 10.1. The molecule has 0 radical (unpaired) electrons. The number of aliphatic carboxylic acids is 1. The number of carbonyl (C=O) groups is 3. The SMILES string of the molecule is O=C(O)CCCCCNC(=O)C1CSCN1C(=O)c1ccccc1. The van der Waals surface area contributed by atoms with Crippen molar-refractivity contribution < 1.29 is 19.5 Å². The minimum Gasteiger partial charge on any atom is -0.481 e. The van der Waals surface area contributed by atoms with Crippen molar-refractivity contribution in [2.24, 2.45) is 0 Å². The number of unbranched alkanes of at least 4 members (excludes halogenated alkanes) is 2. The summed E-state index contributed by atoms with van der Waals surface area (Å²) in [7, 11) is 0. The van der Waals surface area contributed by atoms with Crippen LogP contribution in [0, 0.1) is 0 Å². The van der Waals surface area contributed by atoms with Crippen LogP contribution in [0.5, 0.6) is 0 Å². The Morgan fingerprint density at radius 1 is 1.17 bits per heavy atom.